The van der Waals surface area contributed by atoms with Crippen LogP contribution in [0.15, 0.2) is 0 Å². The van der Waals surface area contributed by atoms with E-state index in [9.17, 15) is 0 Å². The zero-order chi connectivity index (χ0) is 4.50. The van der Waals surface area contributed by atoms with Gasteiger partial charge in [-0.3, -0.25) is 0 Å². The Kier molecular flexibility index (Phi) is 21.4. The van der Waals surface area contributed by atoms with Gasteiger partial charge >= 0.3 is 7.74 Å². The molecule has 0 fully saturated rings. The largest absolute Gasteiger partial charge is 0.344 e. The predicted octanol–water partition coefficient (Wildman–Crippen LogP) is -0.0257. The summed E-state index contributed by atoms with van der Waals surface area (Å²) in [6.45, 7) is 0. The molecule has 0 heterocycles. The first-order chi connectivity index (χ1) is 2.00. The Morgan fingerprint density at radius 2 is 0.875 bits per heavy atom. The van der Waals surface area contributed by atoms with Crippen LogP contribution in [0.2, 0.25) is 0 Å². The highest BCUT2D eigenvalue weighted by Gasteiger charge is 1.92. The molecule has 0 amide bonds. The Morgan fingerprint density at radius 3 is 0.875 bits per heavy atom. The standard InChI is InChI=1S/H4NO3P.3H3N/c1-5(2,3)4;;;/h(H4,1,2,3,4);3*1H3. The van der Waals surface area contributed by atoms with E-state index in [-0.39, 0.29) is 18.5 Å². The first kappa shape index (κ1) is 24.5. The lowest BCUT2D eigenvalue weighted by Crippen LogP contribution is -1.64. The molecule has 0 aromatic heterocycles. The second kappa shape index (κ2) is 6.99. The van der Waals surface area contributed by atoms with E-state index in [1.807, 2.05) is 0 Å². The van der Waals surface area contributed by atoms with Gasteiger partial charge in [0.2, 0.25) is 0 Å². The maximum absolute atomic E-state index is 7.41. The van der Waals surface area contributed by atoms with Gasteiger partial charge in [-0.25, -0.2) is 5.16 Å². The van der Waals surface area contributed by atoms with Gasteiger partial charge in [0.25, 0.3) is 0 Å². The lowest BCUT2D eigenvalue weighted by Gasteiger charge is -1.88. The summed E-state index contributed by atoms with van der Waals surface area (Å²) in [5.41, 5.74) is 0. The van der Waals surface area contributed by atoms with Crippen molar-refractivity contribution in [2.45, 2.75) is 0 Å². The molecule has 0 aliphatic heterocycles. The molecule has 0 atom stereocenters. The minimum atomic E-state index is -4.14. The van der Waals surface area contributed by atoms with Crippen molar-refractivity contribution in [2.24, 2.45) is 0 Å². The van der Waals surface area contributed by atoms with E-state index in [2.05, 4.69) is 0 Å². The van der Waals surface area contributed by atoms with E-state index in [1.54, 1.807) is 0 Å². The van der Waals surface area contributed by atoms with Crippen molar-refractivity contribution in [3.63, 3.8) is 0 Å². The molecule has 0 rings (SSSR count). The van der Waals surface area contributed by atoms with Gasteiger partial charge in [-0.05, 0) is 0 Å². The minimum absolute atomic E-state index is 0. The van der Waals surface area contributed by atoms with E-state index in [1.165, 1.54) is 0 Å². The fraction of sp³-hybridized carbons (Fsp3) is 0. The quantitative estimate of drug-likeness (QED) is 0.236. The van der Waals surface area contributed by atoms with Gasteiger partial charge in [0.15, 0.2) is 0 Å². The zero-order valence-corrected chi connectivity index (χ0v) is 5.30. The molecule has 8 heteroatoms. The van der Waals surface area contributed by atoms with Crippen LogP contribution < -0.4 is 18.5 Å². The summed E-state index contributed by atoms with van der Waals surface area (Å²) >= 11 is 0. The van der Waals surface area contributed by atoms with E-state index >= 15 is 0 Å². The highest BCUT2D eigenvalue weighted by atomic mass is 31.2. The third-order valence-electron chi connectivity index (χ3n) is 0. The van der Waals surface area contributed by atoms with Gasteiger partial charge in [0.1, 0.15) is 0 Å². The van der Waals surface area contributed by atoms with Gasteiger partial charge in [-0.1, -0.05) is 0 Å². The number of nitrogens with one attached hydrogen (secondary N) is 1. The Bertz CT molecular complexity index is 57.4. The summed E-state index contributed by atoms with van der Waals surface area (Å²) in [5, 5.41) is 5.72. The van der Waals surface area contributed by atoms with Crippen LogP contribution in [0.5, 0.6) is 0 Å². The lowest BCUT2D eigenvalue weighted by atomic mass is 14.0. The third-order valence-corrected chi connectivity index (χ3v) is 0. The smallest absolute Gasteiger partial charge is 0.344 e. The normalized spacial score (nSPS) is 7.38. The fourth-order valence-electron chi connectivity index (χ4n) is 0. The van der Waals surface area contributed by atoms with Crippen LogP contribution in [0.4, 0.5) is 0 Å². The average Bonchev–Trinajstić information content (AvgIpc) is 0.722. The Hall–Kier alpha value is -0.0100. The Morgan fingerprint density at radius 1 is 0.875 bits per heavy atom. The van der Waals surface area contributed by atoms with Crippen molar-refractivity contribution in [1.82, 2.24) is 18.5 Å². The summed E-state index contributed by atoms with van der Waals surface area (Å²) in [4.78, 5) is 22.2. The van der Waals surface area contributed by atoms with Crippen LogP contribution >= 0.6 is 7.74 Å². The second-order valence-electron chi connectivity index (χ2n) is 0.568. The van der Waals surface area contributed by atoms with Gasteiger partial charge in [0.05, 0.1) is 0 Å². The molecule has 0 aromatic carbocycles. The number of rotatable bonds is 0. The average molecular weight is 148 g/mol. The highest BCUT2D eigenvalue weighted by Crippen LogP contribution is 2.27. The molecule has 0 aliphatic carbocycles. The van der Waals surface area contributed by atoms with Crippen molar-refractivity contribution in [3.8, 4) is 0 Å². The molecule has 13 N–H and O–H groups in total. The molecular formula is H13N4O3P. The van der Waals surface area contributed by atoms with Gasteiger partial charge in [-0.15, -0.1) is 0 Å². The van der Waals surface area contributed by atoms with Crippen LogP contribution in [0.25, 0.3) is 0 Å². The molecule has 0 saturated heterocycles. The van der Waals surface area contributed by atoms with Crippen LogP contribution in [0.1, 0.15) is 0 Å². The number of hydrogen-bond donors (Lipinski definition) is 7. The van der Waals surface area contributed by atoms with E-state index in [0.29, 0.717) is 0 Å². The maximum Gasteiger partial charge on any atom is 0.344 e. The fourth-order valence-corrected chi connectivity index (χ4v) is 0. The monoisotopic (exact) mass is 148 g/mol. The highest BCUT2D eigenvalue weighted by molar-refractivity contribution is 7.46. The topological polar surface area (TPSA) is 190 Å². The first-order valence-corrected chi connectivity index (χ1v) is 2.47. The van der Waals surface area contributed by atoms with Crippen molar-refractivity contribution >= 4 is 7.74 Å². The molecule has 56 valence electrons. The van der Waals surface area contributed by atoms with Gasteiger partial charge < -0.3 is 33.1 Å². The van der Waals surface area contributed by atoms with Crippen molar-refractivity contribution < 1.29 is 14.7 Å². The third kappa shape index (κ3) is 1490000. The molecule has 8 heavy (non-hydrogen) atoms. The molecule has 0 spiro atoms. The summed E-state index contributed by atoms with van der Waals surface area (Å²) in [6, 6.07) is 0. The van der Waals surface area contributed by atoms with Crippen molar-refractivity contribution in [2.75, 3.05) is 0 Å². The summed E-state index contributed by atoms with van der Waals surface area (Å²) in [6.07, 6.45) is 0. The van der Waals surface area contributed by atoms with Crippen LogP contribution in [0.3, 0.4) is 0 Å². The number of hydrogen-bond acceptors (Lipinski definition) is 4. The van der Waals surface area contributed by atoms with E-state index < -0.39 is 7.74 Å². The van der Waals surface area contributed by atoms with E-state index in [4.69, 9.17) is 19.8 Å². The van der Waals surface area contributed by atoms with Crippen LogP contribution in [-0.4, -0.2) is 14.7 Å². The van der Waals surface area contributed by atoms with E-state index in [0.717, 1.165) is 0 Å². The lowest BCUT2D eigenvalue weighted by molar-refractivity contribution is 0.344. The molecule has 0 saturated carbocycles. The molecule has 0 radical (unpaired) electrons. The maximum atomic E-state index is 7.41. The Labute approximate surface area is 47.2 Å². The predicted molar refractivity (Wildman–Crippen MR) is 31.4 cm³/mol. The van der Waals surface area contributed by atoms with Crippen LogP contribution in [-0.2, 0) is 0 Å². The van der Waals surface area contributed by atoms with Gasteiger partial charge in [-0.2, -0.15) is 0 Å². The Balaban J connectivity index is -0.0000000267. The molecule has 0 aromatic rings. The van der Waals surface area contributed by atoms with Gasteiger partial charge in [0, 0.05) is 0 Å². The minimum Gasteiger partial charge on any atom is -0.344 e. The molecule has 0 aliphatic rings. The van der Waals surface area contributed by atoms with Crippen molar-refractivity contribution in [3.05, 3.63) is 0 Å². The molecular weight excluding hydrogens is 135 g/mol. The summed E-state index contributed by atoms with van der Waals surface area (Å²) < 4.78 is 0. The van der Waals surface area contributed by atoms with Crippen molar-refractivity contribution in [1.29, 1.82) is 5.16 Å². The zero-order valence-electron chi connectivity index (χ0n) is 4.41. The second-order valence-corrected chi connectivity index (χ2v) is 1.70. The summed E-state index contributed by atoms with van der Waals surface area (Å²) in [7, 11) is -4.14. The molecule has 0 bridgehead atoms. The molecule has 0 unspecified atom stereocenters. The first-order valence-electron chi connectivity index (χ1n) is 0.824. The summed E-state index contributed by atoms with van der Waals surface area (Å²) in [5.74, 6) is 0. The molecule has 7 nitrogen and oxygen atoms in total. The van der Waals surface area contributed by atoms with Crippen LogP contribution in [0, 0.1) is 5.16 Å². The SMILES string of the molecule is N.N.N.N=P(O)(O)O.